The van der Waals surface area contributed by atoms with Crippen LogP contribution in [0.5, 0.6) is 0 Å². The smallest absolute Gasteiger partial charge is 0.0478 e. The molecule has 2 bridgehead atoms. The average Bonchev–Trinajstić information content (AvgIpc) is 2.34. The minimum atomic E-state index is 0.758. The van der Waals surface area contributed by atoms with Crippen molar-refractivity contribution in [1.29, 1.82) is 0 Å². The summed E-state index contributed by atoms with van der Waals surface area (Å²) in [5, 5.41) is 3.48. The van der Waals surface area contributed by atoms with Gasteiger partial charge in [0, 0.05) is 37.9 Å². The van der Waals surface area contributed by atoms with Gasteiger partial charge in [-0.1, -0.05) is 6.42 Å². The molecule has 2 aliphatic rings. The molecule has 100 valence electrons. The number of rotatable bonds is 6. The van der Waals surface area contributed by atoms with Gasteiger partial charge in [-0.25, -0.2) is 0 Å². The molecule has 2 unspecified atom stereocenters. The Labute approximate surface area is 106 Å². The fourth-order valence-corrected chi connectivity index (χ4v) is 3.57. The van der Waals surface area contributed by atoms with E-state index in [0.717, 1.165) is 31.3 Å². The van der Waals surface area contributed by atoms with Gasteiger partial charge in [-0.3, -0.25) is 4.90 Å². The summed E-state index contributed by atoms with van der Waals surface area (Å²) in [4.78, 5) is 2.77. The second-order valence-electron chi connectivity index (χ2n) is 5.48. The molecule has 0 saturated carbocycles. The minimum absolute atomic E-state index is 0.758. The molecule has 2 aliphatic heterocycles. The van der Waals surface area contributed by atoms with Gasteiger partial charge in [0.25, 0.3) is 0 Å². The van der Waals surface area contributed by atoms with Crippen LogP contribution in [-0.4, -0.2) is 49.8 Å². The summed E-state index contributed by atoms with van der Waals surface area (Å²) in [7, 11) is 2.12. The summed E-state index contributed by atoms with van der Waals surface area (Å²) < 4.78 is 5.45. The van der Waals surface area contributed by atoms with Gasteiger partial charge >= 0.3 is 0 Å². The highest BCUT2D eigenvalue weighted by Crippen LogP contribution is 2.33. The fourth-order valence-electron chi connectivity index (χ4n) is 3.57. The number of fused-ring (bicyclic) bond motifs is 2. The fraction of sp³-hybridized carbons (Fsp3) is 1.00. The Morgan fingerprint density at radius 2 is 1.94 bits per heavy atom. The van der Waals surface area contributed by atoms with Crippen LogP contribution in [0.3, 0.4) is 0 Å². The Morgan fingerprint density at radius 3 is 2.53 bits per heavy atom. The zero-order valence-corrected chi connectivity index (χ0v) is 11.5. The summed E-state index contributed by atoms with van der Waals surface area (Å²) in [5.74, 6) is 0. The molecule has 0 radical (unpaired) electrons. The lowest BCUT2D eigenvalue weighted by Crippen LogP contribution is -2.56. The van der Waals surface area contributed by atoms with Gasteiger partial charge in [-0.15, -0.1) is 0 Å². The van der Waals surface area contributed by atoms with Gasteiger partial charge in [0.15, 0.2) is 0 Å². The first-order chi connectivity index (χ1) is 8.35. The third-order valence-corrected chi connectivity index (χ3v) is 4.44. The molecular weight excluding hydrogens is 212 g/mol. The van der Waals surface area contributed by atoms with Crippen LogP contribution in [0, 0.1) is 0 Å². The van der Waals surface area contributed by atoms with E-state index in [4.69, 9.17) is 4.74 Å². The molecule has 0 aromatic heterocycles. The van der Waals surface area contributed by atoms with Gasteiger partial charge in [-0.05, 0) is 46.1 Å². The SMILES string of the molecule is CCOCCCN1C2CCCC1CC(NC)C2. The zero-order valence-electron chi connectivity index (χ0n) is 11.5. The molecule has 17 heavy (non-hydrogen) atoms. The molecule has 2 saturated heterocycles. The standard InChI is InChI=1S/C14H28N2O/c1-3-17-9-5-8-16-13-6-4-7-14(16)11-12(10-13)15-2/h12-15H,3-11H2,1-2H3. The third kappa shape index (κ3) is 3.43. The van der Waals surface area contributed by atoms with Gasteiger partial charge in [-0.2, -0.15) is 0 Å². The van der Waals surface area contributed by atoms with Crippen LogP contribution >= 0.6 is 0 Å². The third-order valence-electron chi connectivity index (χ3n) is 4.44. The lowest BCUT2D eigenvalue weighted by Gasteiger charge is -2.49. The van der Waals surface area contributed by atoms with Crippen LogP contribution < -0.4 is 5.32 Å². The molecule has 0 amide bonds. The van der Waals surface area contributed by atoms with Crippen molar-refractivity contribution in [2.75, 3.05) is 26.8 Å². The number of nitrogens with one attached hydrogen (secondary N) is 1. The second kappa shape index (κ2) is 6.72. The van der Waals surface area contributed by atoms with Crippen molar-refractivity contribution in [3.8, 4) is 0 Å². The quantitative estimate of drug-likeness (QED) is 0.719. The lowest BCUT2D eigenvalue weighted by atomic mass is 9.81. The maximum absolute atomic E-state index is 5.45. The van der Waals surface area contributed by atoms with Crippen LogP contribution in [0.4, 0.5) is 0 Å². The highest BCUT2D eigenvalue weighted by Gasteiger charge is 2.36. The van der Waals surface area contributed by atoms with E-state index in [1.807, 2.05) is 0 Å². The molecule has 1 N–H and O–H groups in total. The molecule has 2 atom stereocenters. The normalized spacial score (nSPS) is 33.9. The van der Waals surface area contributed by atoms with E-state index in [0.29, 0.717) is 0 Å². The van der Waals surface area contributed by atoms with Gasteiger partial charge in [0.2, 0.25) is 0 Å². The average molecular weight is 240 g/mol. The van der Waals surface area contributed by atoms with Crippen LogP contribution in [0.15, 0.2) is 0 Å². The Bertz CT molecular complexity index is 208. The molecule has 0 aromatic rings. The van der Waals surface area contributed by atoms with Crippen molar-refractivity contribution in [2.24, 2.45) is 0 Å². The van der Waals surface area contributed by atoms with Gasteiger partial charge in [0.1, 0.15) is 0 Å². The number of hydrogen-bond acceptors (Lipinski definition) is 3. The van der Waals surface area contributed by atoms with E-state index in [2.05, 4.69) is 24.2 Å². The van der Waals surface area contributed by atoms with Crippen LogP contribution in [-0.2, 0) is 4.74 Å². The molecule has 0 spiro atoms. The largest absolute Gasteiger partial charge is 0.382 e. The topological polar surface area (TPSA) is 24.5 Å². The predicted octanol–water partition coefficient (Wildman–Crippen LogP) is 2.02. The van der Waals surface area contributed by atoms with Crippen molar-refractivity contribution >= 4 is 0 Å². The maximum atomic E-state index is 5.45. The summed E-state index contributed by atoms with van der Waals surface area (Å²) >= 11 is 0. The Kier molecular flexibility index (Phi) is 5.26. The number of ether oxygens (including phenoxy) is 1. The molecule has 3 heteroatoms. The summed E-state index contributed by atoms with van der Waals surface area (Å²) in [5.41, 5.74) is 0. The highest BCUT2D eigenvalue weighted by molar-refractivity contribution is 4.94. The van der Waals surface area contributed by atoms with Crippen molar-refractivity contribution in [2.45, 2.75) is 63.6 Å². The zero-order chi connectivity index (χ0) is 12.1. The van der Waals surface area contributed by atoms with E-state index in [1.165, 1.54) is 45.1 Å². The highest BCUT2D eigenvalue weighted by atomic mass is 16.5. The molecule has 0 aromatic carbocycles. The molecular formula is C14H28N2O. The first-order valence-corrected chi connectivity index (χ1v) is 7.36. The van der Waals surface area contributed by atoms with Gasteiger partial charge < -0.3 is 10.1 Å². The second-order valence-corrected chi connectivity index (χ2v) is 5.48. The first-order valence-electron chi connectivity index (χ1n) is 7.36. The Hall–Kier alpha value is -0.120. The number of nitrogens with zero attached hydrogens (tertiary/aromatic N) is 1. The minimum Gasteiger partial charge on any atom is -0.382 e. The summed E-state index contributed by atoms with van der Waals surface area (Å²) in [6, 6.07) is 2.43. The van der Waals surface area contributed by atoms with Crippen LogP contribution in [0.1, 0.15) is 45.4 Å². The molecule has 3 nitrogen and oxygen atoms in total. The van der Waals surface area contributed by atoms with Crippen molar-refractivity contribution in [1.82, 2.24) is 10.2 Å². The van der Waals surface area contributed by atoms with Gasteiger partial charge in [0.05, 0.1) is 0 Å². The predicted molar refractivity (Wildman–Crippen MR) is 71.3 cm³/mol. The maximum Gasteiger partial charge on any atom is 0.0478 e. The Balaban J connectivity index is 1.80. The molecule has 2 heterocycles. The monoisotopic (exact) mass is 240 g/mol. The number of hydrogen-bond donors (Lipinski definition) is 1. The van der Waals surface area contributed by atoms with E-state index in [1.54, 1.807) is 0 Å². The molecule has 0 aliphatic carbocycles. The van der Waals surface area contributed by atoms with Crippen LogP contribution in [0.25, 0.3) is 0 Å². The van der Waals surface area contributed by atoms with E-state index >= 15 is 0 Å². The summed E-state index contributed by atoms with van der Waals surface area (Å²) in [6.07, 6.45) is 8.15. The van der Waals surface area contributed by atoms with E-state index < -0.39 is 0 Å². The number of piperidine rings is 2. The van der Waals surface area contributed by atoms with E-state index in [9.17, 15) is 0 Å². The van der Waals surface area contributed by atoms with Crippen molar-refractivity contribution < 1.29 is 4.74 Å². The first kappa shape index (κ1) is 13.3. The van der Waals surface area contributed by atoms with E-state index in [-0.39, 0.29) is 0 Å². The van der Waals surface area contributed by atoms with Crippen LogP contribution in [0.2, 0.25) is 0 Å². The molecule has 2 rings (SSSR count). The summed E-state index contributed by atoms with van der Waals surface area (Å²) in [6.45, 7) is 5.11. The Morgan fingerprint density at radius 1 is 1.24 bits per heavy atom. The van der Waals surface area contributed by atoms with Crippen molar-refractivity contribution in [3.63, 3.8) is 0 Å². The lowest BCUT2D eigenvalue weighted by molar-refractivity contribution is 0.0177. The van der Waals surface area contributed by atoms with Crippen molar-refractivity contribution in [3.05, 3.63) is 0 Å². The molecule has 2 fully saturated rings.